The molecule has 0 bridgehead atoms. The summed E-state index contributed by atoms with van der Waals surface area (Å²) in [5.74, 6) is 0. The lowest BCUT2D eigenvalue weighted by molar-refractivity contribution is 0.316. The minimum Gasteiger partial charge on any atom is -0.298 e. The van der Waals surface area contributed by atoms with Crippen molar-refractivity contribution in [2.24, 2.45) is 0 Å². The van der Waals surface area contributed by atoms with Crippen LogP contribution >= 0.6 is 0 Å². The van der Waals surface area contributed by atoms with Crippen molar-refractivity contribution in [2.45, 2.75) is 32.1 Å². The van der Waals surface area contributed by atoms with Crippen molar-refractivity contribution in [2.75, 3.05) is 32.7 Å². The van der Waals surface area contributed by atoms with E-state index in [1.807, 2.05) is 39.0 Å². The summed E-state index contributed by atoms with van der Waals surface area (Å²) >= 11 is 0. The number of nitrogens with zero attached hydrogens (tertiary/aromatic N) is 2. The van der Waals surface area contributed by atoms with Crippen LogP contribution in [0.1, 0.15) is 23.1 Å². The van der Waals surface area contributed by atoms with E-state index in [1.54, 1.807) is 4.31 Å². The van der Waals surface area contributed by atoms with Gasteiger partial charge in [-0.05, 0) is 56.5 Å². The Kier molecular flexibility index (Phi) is 5.42. The summed E-state index contributed by atoms with van der Waals surface area (Å²) in [6.45, 7) is 13.2. The van der Waals surface area contributed by atoms with Gasteiger partial charge in [0.15, 0.2) is 0 Å². The van der Waals surface area contributed by atoms with E-state index in [9.17, 15) is 8.42 Å². The van der Waals surface area contributed by atoms with Gasteiger partial charge in [-0.15, -0.1) is 6.58 Å². The number of hydrogen-bond donors (Lipinski definition) is 0. The molecule has 122 valence electrons. The molecule has 0 unspecified atom stereocenters. The molecule has 2 rings (SSSR count). The minimum atomic E-state index is -3.41. The Morgan fingerprint density at radius 2 is 1.73 bits per heavy atom. The van der Waals surface area contributed by atoms with Gasteiger partial charge >= 0.3 is 0 Å². The van der Waals surface area contributed by atoms with Crippen LogP contribution in [-0.4, -0.2) is 50.3 Å². The van der Waals surface area contributed by atoms with Gasteiger partial charge in [0.2, 0.25) is 10.0 Å². The lowest BCUT2D eigenvalue weighted by Crippen LogP contribution is -2.35. The van der Waals surface area contributed by atoms with Gasteiger partial charge in [-0.25, -0.2) is 8.42 Å². The molecule has 1 saturated heterocycles. The summed E-state index contributed by atoms with van der Waals surface area (Å²) in [6, 6.07) is 3.77. The standard InChI is InChI=1S/C17H26N2O2S/c1-5-7-18-8-6-9-19(11-10-18)22(20,21)17-13-15(3)14(2)12-16(17)4/h5,12-13H,1,6-11H2,2-4H3. The zero-order chi connectivity index (χ0) is 16.3. The van der Waals surface area contributed by atoms with Crippen LogP contribution in [0, 0.1) is 20.8 Å². The number of sulfonamides is 1. The van der Waals surface area contributed by atoms with Crippen molar-refractivity contribution in [3.8, 4) is 0 Å². The van der Waals surface area contributed by atoms with E-state index in [-0.39, 0.29) is 0 Å². The maximum atomic E-state index is 13.0. The first kappa shape index (κ1) is 17.2. The van der Waals surface area contributed by atoms with E-state index in [2.05, 4.69) is 11.5 Å². The number of benzene rings is 1. The lowest BCUT2D eigenvalue weighted by atomic mass is 10.1. The highest BCUT2D eigenvalue weighted by molar-refractivity contribution is 7.89. The van der Waals surface area contributed by atoms with Crippen LogP contribution in [0.25, 0.3) is 0 Å². The third-order valence-corrected chi connectivity index (χ3v) is 6.38. The third kappa shape index (κ3) is 3.59. The molecule has 5 heteroatoms. The van der Waals surface area contributed by atoms with Gasteiger partial charge in [-0.2, -0.15) is 4.31 Å². The summed E-state index contributed by atoms with van der Waals surface area (Å²) in [5.41, 5.74) is 2.98. The van der Waals surface area contributed by atoms with Crippen LogP contribution in [0.2, 0.25) is 0 Å². The fraction of sp³-hybridized carbons (Fsp3) is 0.529. The maximum absolute atomic E-state index is 13.0. The predicted octanol–water partition coefficient (Wildman–Crippen LogP) is 2.49. The summed E-state index contributed by atoms with van der Waals surface area (Å²) < 4.78 is 27.6. The van der Waals surface area contributed by atoms with Crippen LogP contribution in [0.4, 0.5) is 0 Å². The largest absolute Gasteiger partial charge is 0.298 e. The Labute approximate surface area is 134 Å². The molecule has 1 aliphatic rings. The lowest BCUT2D eigenvalue weighted by Gasteiger charge is -2.22. The molecule has 0 aliphatic carbocycles. The second-order valence-corrected chi connectivity index (χ2v) is 7.96. The van der Waals surface area contributed by atoms with Crippen molar-refractivity contribution in [1.82, 2.24) is 9.21 Å². The average molecular weight is 322 g/mol. The van der Waals surface area contributed by atoms with E-state index < -0.39 is 10.0 Å². The van der Waals surface area contributed by atoms with Gasteiger partial charge in [0.25, 0.3) is 0 Å². The van der Waals surface area contributed by atoms with Crippen LogP contribution in [0.15, 0.2) is 29.7 Å². The van der Waals surface area contributed by atoms with E-state index in [0.717, 1.165) is 42.7 Å². The fourth-order valence-corrected chi connectivity index (χ4v) is 4.66. The Hall–Kier alpha value is -1.17. The second kappa shape index (κ2) is 6.94. The van der Waals surface area contributed by atoms with Gasteiger partial charge in [0.05, 0.1) is 4.90 Å². The summed E-state index contributed by atoms with van der Waals surface area (Å²) in [6.07, 6.45) is 2.73. The molecular formula is C17H26N2O2S. The zero-order valence-electron chi connectivity index (χ0n) is 13.8. The highest BCUT2D eigenvalue weighted by Gasteiger charge is 2.28. The Morgan fingerprint density at radius 1 is 1.05 bits per heavy atom. The molecule has 0 aromatic heterocycles. The minimum absolute atomic E-state index is 0.452. The van der Waals surface area contributed by atoms with E-state index in [4.69, 9.17) is 0 Å². The number of rotatable bonds is 4. The molecule has 1 fully saturated rings. The van der Waals surface area contributed by atoms with E-state index in [1.165, 1.54) is 0 Å². The molecule has 1 aromatic rings. The number of hydrogen-bond acceptors (Lipinski definition) is 3. The van der Waals surface area contributed by atoms with Gasteiger partial charge in [0.1, 0.15) is 0 Å². The first-order valence-corrected chi connectivity index (χ1v) is 9.21. The van der Waals surface area contributed by atoms with Crippen molar-refractivity contribution in [3.05, 3.63) is 41.5 Å². The highest BCUT2D eigenvalue weighted by Crippen LogP contribution is 2.24. The third-order valence-electron chi connectivity index (χ3n) is 4.34. The zero-order valence-corrected chi connectivity index (χ0v) is 14.6. The first-order valence-electron chi connectivity index (χ1n) is 7.77. The van der Waals surface area contributed by atoms with Crippen molar-refractivity contribution < 1.29 is 8.42 Å². The molecule has 4 nitrogen and oxygen atoms in total. The first-order chi connectivity index (χ1) is 10.4. The summed E-state index contributed by atoms with van der Waals surface area (Å²) in [5, 5.41) is 0. The molecule has 1 aromatic carbocycles. The topological polar surface area (TPSA) is 40.6 Å². The highest BCUT2D eigenvalue weighted by atomic mass is 32.2. The molecule has 0 amide bonds. The van der Waals surface area contributed by atoms with Crippen LogP contribution < -0.4 is 0 Å². The summed E-state index contributed by atoms with van der Waals surface area (Å²) in [7, 11) is -3.41. The molecule has 1 aliphatic heterocycles. The normalized spacial score (nSPS) is 18.1. The molecule has 0 radical (unpaired) electrons. The molecular weight excluding hydrogens is 296 g/mol. The molecule has 0 saturated carbocycles. The quantitative estimate of drug-likeness (QED) is 0.800. The molecule has 22 heavy (non-hydrogen) atoms. The Bertz CT molecular complexity index is 653. The summed E-state index contributed by atoms with van der Waals surface area (Å²) in [4.78, 5) is 2.70. The van der Waals surface area contributed by atoms with Crippen molar-refractivity contribution in [3.63, 3.8) is 0 Å². The van der Waals surface area contributed by atoms with Crippen LogP contribution in [0.5, 0.6) is 0 Å². The molecule has 0 N–H and O–H groups in total. The van der Waals surface area contributed by atoms with E-state index >= 15 is 0 Å². The van der Waals surface area contributed by atoms with Gasteiger partial charge in [0, 0.05) is 26.2 Å². The van der Waals surface area contributed by atoms with Crippen LogP contribution in [-0.2, 0) is 10.0 Å². The maximum Gasteiger partial charge on any atom is 0.243 e. The predicted molar refractivity (Wildman–Crippen MR) is 90.7 cm³/mol. The average Bonchev–Trinajstić information content (AvgIpc) is 2.69. The van der Waals surface area contributed by atoms with Crippen LogP contribution in [0.3, 0.4) is 0 Å². The number of aryl methyl sites for hydroxylation is 3. The fourth-order valence-electron chi connectivity index (χ4n) is 2.90. The Balaban J connectivity index is 2.27. The molecule has 0 atom stereocenters. The van der Waals surface area contributed by atoms with E-state index in [0.29, 0.717) is 18.0 Å². The SMILES string of the molecule is C=CCN1CCCN(S(=O)(=O)c2cc(C)c(C)cc2C)CC1. The van der Waals surface area contributed by atoms with Gasteiger partial charge < -0.3 is 0 Å². The van der Waals surface area contributed by atoms with Crippen molar-refractivity contribution >= 4 is 10.0 Å². The second-order valence-electron chi connectivity index (χ2n) is 6.05. The van der Waals surface area contributed by atoms with Gasteiger partial charge in [-0.1, -0.05) is 12.1 Å². The monoisotopic (exact) mass is 322 g/mol. The molecule has 1 heterocycles. The van der Waals surface area contributed by atoms with Gasteiger partial charge in [-0.3, -0.25) is 4.90 Å². The molecule has 0 spiro atoms. The smallest absolute Gasteiger partial charge is 0.243 e. The van der Waals surface area contributed by atoms with Crippen molar-refractivity contribution in [1.29, 1.82) is 0 Å². The Morgan fingerprint density at radius 3 is 2.41 bits per heavy atom.